The number of hydrogen-bond acceptors (Lipinski definition) is 5. The summed E-state index contributed by atoms with van der Waals surface area (Å²) in [6, 6.07) is 20.1. The highest BCUT2D eigenvalue weighted by Gasteiger charge is 2.22. The third-order valence-corrected chi connectivity index (χ3v) is 8.30. The summed E-state index contributed by atoms with van der Waals surface area (Å²) in [5.74, 6) is 0.180. The minimum absolute atomic E-state index is 0.0141. The van der Waals surface area contributed by atoms with E-state index < -0.39 is 0 Å². The Morgan fingerprint density at radius 3 is 2.47 bits per heavy atom. The van der Waals surface area contributed by atoms with E-state index >= 15 is 0 Å². The van der Waals surface area contributed by atoms with Gasteiger partial charge < -0.3 is 5.32 Å². The Bertz CT molecular complexity index is 1350. The number of thiophene rings is 1. The van der Waals surface area contributed by atoms with Crippen LogP contribution in [0.3, 0.4) is 0 Å². The molecule has 0 aliphatic heterocycles. The normalized spacial score (nSPS) is 13.1. The maximum Gasteiger partial charge on any atom is 0.263 e. The van der Waals surface area contributed by atoms with Crippen molar-refractivity contribution in [2.75, 3.05) is 12.3 Å². The van der Waals surface area contributed by atoms with Crippen LogP contribution >= 0.6 is 23.1 Å². The number of amides is 1. The molecule has 0 saturated carbocycles. The van der Waals surface area contributed by atoms with Crippen molar-refractivity contribution in [1.29, 1.82) is 0 Å². The Morgan fingerprint density at radius 2 is 1.71 bits per heavy atom. The van der Waals surface area contributed by atoms with Gasteiger partial charge in [0.2, 0.25) is 5.91 Å². The standard InChI is InChI=1S/C27H27N3O2S2/c31-23(28-16-15-19-9-3-1-4-10-19)18-33-27-29-25-24(21-13-7-8-14-22(21)34-25)26(32)30(27)17-20-11-5-2-6-12-20/h1-6,9-12H,7-8,13-18H2,(H,28,31). The first kappa shape index (κ1) is 22.9. The predicted octanol–water partition coefficient (Wildman–Crippen LogP) is 4.84. The van der Waals surface area contributed by atoms with Gasteiger partial charge in [-0.25, -0.2) is 4.98 Å². The molecule has 1 amide bonds. The van der Waals surface area contributed by atoms with Gasteiger partial charge in [-0.15, -0.1) is 11.3 Å². The smallest absolute Gasteiger partial charge is 0.263 e. The number of rotatable bonds is 8. The first-order chi connectivity index (χ1) is 16.7. The largest absolute Gasteiger partial charge is 0.355 e. The second-order valence-corrected chi connectivity index (χ2v) is 10.6. The van der Waals surface area contributed by atoms with Crippen molar-refractivity contribution in [2.45, 2.75) is 43.8 Å². The second kappa shape index (κ2) is 10.6. The maximum atomic E-state index is 13.7. The van der Waals surface area contributed by atoms with Crippen LogP contribution in [-0.2, 0) is 30.6 Å². The van der Waals surface area contributed by atoms with Gasteiger partial charge in [0, 0.05) is 11.4 Å². The van der Waals surface area contributed by atoms with E-state index in [0.29, 0.717) is 18.2 Å². The molecule has 1 aliphatic carbocycles. The number of aromatic nitrogens is 2. The summed E-state index contributed by atoms with van der Waals surface area (Å²) in [5.41, 5.74) is 3.45. The van der Waals surface area contributed by atoms with E-state index in [1.807, 2.05) is 48.5 Å². The zero-order chi connectivity index (χ0) is 23.3. The van der Waals surface area contributed by atoms with E-state index in [2.05, 4.69) is 17.4 Å². The molecule has 5 rings (SSSR count). The molecule has 0 unspecified atom stereocenters. The number of carbonyl (C=O) groups excluding carboxylic acids is 1. The van der Waals surface area contributed by atoms with Crippen LogP contribution in [0.1, 0.15) is 34.4 Å². The summed E-state index contributed by atoms with van der Waals surface area (Å²) < 4.78 is 1.75. The zero-order valence-corrected chi connectivity index (χ0v) is 20.6. The molecule has 7 heteroatoms. The molecular formula is C27H27N3O2S2. The number of nitrogens with one attached hydrogen (secondary N) is 1. The second-order valence-electron chi connectivity index (χ2n) is 8.54. The van der Waals surface area contributed by atoms with Crippen LogP contribution in [0, 0.1) is 0 Å². The fourth-order valence-corrected chi connectivity index (χ4v) is 6.54. The van der Waals surface area contributed by atoms with Crippen LogP contribution in [0.4, 0.5) is 0 Å². The van der Waals surface area contributed by atoms with Crippen LogP contribution in [0.2, 0.25) is 0 Å². The molecule has 0 radical (unpaired) electrons. The molecule has 0 saturated heterocycles. The molecule has 2 heterocycles. The lowest BCUT2D eigenvalue weighted by Crippen LogP contribution is -2.28. The van der Waals surface area contributed by atoms with Gasteiger partial charge in [0.1, 0.15) is 4.83 Å². The Balaban J connectivity index is 1.37. The number of fused-ring (bicyclic) bond motifs is 3. The summed E-state index contributed by atoms with van der Waals surface area (Å²) >= 11 is 2.99. The summed E-state index contributed by atoms with van der Waals surface area (Å²) in [4.78, 5) is 33.2. The third-order valence-electron chi connectivity index (χ3n) is 6.13. The molecule has 5 nitrogen and oxygen atoms in total. The molecule has 0 bridgehead atoms. The van der Waals surface area contributed by atoms with Gasteiger partial charge in [-0.1, -0.05) is 72.4 Å². The van der Waals surface area contributed by atoms with Crippen LogP contribution in [0.25, 0.3) is 10.2 Å². The number of hydrogen-bond donors (Lipinski definition) is 1. The molecule has 34 heavy (non-hydrogen) atoms. The fraction of sp³-hybridized carbons (Fsp3) is 0.296. The predicted molar refractivity (Wildman–Crippen MR) is 140 cm³/mol. The third kappa shape index (κ3) is 5.10. The van der Waals surface area contributed by atoms with Crippen LogP contribution in [0.5, 0.6) is 0 Å². The Labute approximate surface area is 207 Å². The SMILES string of the molecule is O=C(CSc1nc2sc3c(c2c(=O)n1Cc1ccccc1)CCCC3)NCCc1ccccc1. The Kier molecular flexibility index (Phi) is 7.11. The van der Waals surface area contributed by atoms with Gasteiger partial charge in [0.15, 0.2) is 5.16 Å². The molecule has 4 aromatic rings. The van der Waals surface area contributed by atoms with Crippen LogP contribution in [-0.4, -0.2) is 27.8 Å². The van der Waals surface area contributed by atoms with Crippen molar-refractivity contribution >= 4 is 39.2 Å². The molecule has 174 valence electrons. The van der Waals surface area contributed by atoms with Crippen LogP contribution < -0.4 is 10.9 Å². The van der Waals surface area contributed by atoms with Gasteiger partial charge in [0.05, 0.1) is 17.7 Å². The van der Waals surface area contributed by atoms with E-state index in [-0.39, 0.29) is 17.2 Å². The average molecular weight is 490 g/mol. The van der Waals surface area contributed by atoms with Gasteiger partial charge in [-0.3, -0.25) is 14.2 Å². The summed E-state index contributed by atoms with van der Waals surface area (Å²) in [6.07, 6.45) is 5.06. The van der Waals surface area contributed by atoms with Crippen molar-refractivity contribution in [3.8, 4) is 0 Å². The van der Waals surface area contributed by atoms with E-state index in [1.54, 1.807) is 15.9 Å². The first-order valence-electron chi connectivity index (χ1n) is 11.7. The highest BCUT2D eigenvalue weighted by molar-refractivity contribution is 7.99. The summed E-state index contributed by atoms with van der Waals surface area (Å²) in [5, 5.41) is 4.38. The average Bonchev–Trinajstić information content (AvgIpc) is 3.24. The van der Waals surface area contributed by atoms with Gasteiger partial charge in [-0.05, 0) is 48.8 Å². The zero-order valence-electron chi connectivity index (χ0n) is 19.0. The number of nitrogens with zero attached hydrogens (tertiary/aromatic N) is 2. The Morgan fingerprint density at radius 1 is 1.00 bits per heavy atom. The molecule has 0 fully saturated rings. The number of carbonyl (C=O) groups is 1. The quantitative estimate of drug-likeness (QED) is 0.284. The van der Waals surface area contributed by atoms with Crippen molar-refractivity contribution < 1.29 is 4.79 Å². The van der Waals surface area contributed by atoms with E-state index in [4.69, 9.17) is 4.98 Å². The molecule has 2 aromatic heterocycles. The number of aryl methyl sites for hydroxylation is 2. The van der Waals surface area contributed by atoms with Crippen molar-refractivity contribution in [3.63, 3.8) is 0 Å². The lowest BCUT2D eigenvalue weighted by atomic mass is 9.97. The maximum absolute atomic E-state index is 13.7. The van der Waals surface area contributed by atoms with Crippen LogP contribution in [0.15, 0.2) is 70.6 Å². The van der Waals surface area contributed by atoms with Crippen molar-refractivity contribution in [2.24, 2.45) is 0 Å². The molecular weight excluding hydrogens is 462 g/mol. The highest BCUT2D eigenvalue weighted by atomic mass is 32.2. The molecule has 1 N–H and O–H groups in total. The van der Waals surface area contributed by atoms with Crippen molar-refractivity contribution in [1.82, 2.24) is 14.9 Å². The van der Waals surface area contributed by atoms with Gasteiger partial charge in [0.25, 0.3) is 5.56 Å². The van der Waals surface area contributed by atoms with Gasteiger partial charge >= 0.3 is 0 Å². The monoisotopic (exact) mass is 489 g/mol. The summed E-state index contributed by atoms with van der Waals surface area (Å²) in [7, 11) is 0. The Hall–Kier alpha value is -2.90. The van der Waals surface area contributed by atoms with E-state index in [9.17, 15) is 9.59 Å². The van der Waals surface area contributed by atoms with E-state index in [0.717, 1.165) is 41.5 Å². The minimum atomic E-state index is -0.0491. The minimum Gasteiger partial charge on any atom is -0.355 e. The fourth-order valence-electron chi connectivity index (χ4n) is 4.41. The topological polar surface area (TPSA) is 64.0 Å². The summed E-state index contributed by atoms with van der Waals surface area (Å²) in [6.45, 7) is 1.04. The van der Waals surface area contributed by atoms with Gasteiger partial charge in [-0.2, -0.15) is 0 Å². The lowest BCUT2D eigenvalue weighted by molar-refractivity contribution is -0.118. The van der Waals surface area contributed by atoms with E-state index in [1.165, 1.54) is 34.2 Å². The molecule has 2 aromatic carbocycles. The number of thioether (sulfide) groups is 1. The molecule has 0 atom stereocenters. The molecule has 0 spiro atoms. The molecule has 1 aliphatic rings. The first-order valence-corrected chi connectivity index (χ1v) is 13.5. The lowest BCUT2D eigenvalue weighted by Gasteiger charge is -2.14. The highest BCUT2D eigenvalue weighted by Crippen LogP contribution is 2.34. The number of benzene rings is 2. The van der Waals surface area contributed by atoms with Crippen molar-refractivity contribution in [3.05, 3.63) is 92.6 Å².